The molecule has 126 valence electrons. The predicted octanol–water partition coefficient (Wildman–Crippen LogP) is 1.85. The molecule has 1 amide bonds. The Kier molecular flexibility index (Phi) is 3.65. The number of aromatic nitrogens is 3. The first kappa shape index (κ1) is 15.3. The molecule has 1 fully saturated rings. The Balaban J connectivity index is 1.55. The summed E-state index contributed by atoms with van der Waals surface area (Å²) < 4.78 is 1.77. The molecule has 0 bridgehead atoms. The summed E-state index contributed by atoms with van der Waals surface area (Å²) in [5.74, 6) is -0.135. The van der Waals surface area contributed by atoms with Crippen LogP contribution in [0, 0.1) is 11.5 Å². The second-order valence-electron chi connectivity index (χ2n) is 6.39. The Morgan fingerprint density at radius 2 is 2.28 bits per heavy atom. The van der Waals surface area contributed by atoms with E-state index in [1.54, 1.807) is 9.58 Å². The minimum absolute atomic E-state index is 0.0181. The Hall–Kier alpha value is -3.27. The summed E-state index contributed by atoms with van der Waals surface area (Å²) in [7, 11) is 1.89. The molecule has 1 atom stereocenters. The average Bonchev–Trinajstić information content (AvgIpc) is 3.32. The van der Waals surface area contributed by atoms with Crippen LogP contribution < -0.4 is 5.32 Å². The molecule has 1 saturated heterocycles. The summed E-state index contributed by atoms with van der Waals surface area (Å²) in [5, 5.41) is 17.1. The lowest BCUT2D eigenvalue weighted by Crippen LogP contribution is -2.36. The lowest BCUT2D eigenvalue weighted by Gasteiger charge is -2.11. The number of carbonyl (C=O) groups is 1. The molecular formula is C18H18N6O. The van der Waals surface area contributed by atoms with Gasteiger partial charge in [0.15, 0.2) is 6.19 Å². The second kappa shape index (κ2) is 5.98. The van der Waals surface area contributed by atoms with Gasteiger partial charge in [-0.25, -0.2) is 0 Å². The summed E-state index contributed by atoms with van der Waals surface area (Å²) in [6.07, 6.45) is 6.70. The molecule has 1 aliphatic rings. The number of rotatable bonds is 3. The molecule has 25 heavy (non-hydrogen) atoms. The molecule has 1 aliphatic heterocycles. The SMILES string of the molecule is Cn1cc(-c2ccc3[nH]c(C(=O)NC4CCN(C#N)C4)cc3c2)cn1. The Bertz CT molecular complexity index is 979. The van der Waals surface area contributed by atoms with Crippen molar-refractivity contribution in [1.82, 2.24) is 25.0 Å². The van der Waals surface area contributed by atoms with Crippen LogP contribution in [0.4, 0.5) is 0 Å². The zero-order chi connectivity index (χ0) is 17.4. The first-order chi connectivity index (χ1) is 12.1. The van der Waals surface area contributed by atoms with Gasteiger partial charge in [0.2, 0.25) is 0 Å². The van der Waals surface area contributed by atoms with Crippen molar-refractivity contribution < 1.29 is 4.79 Å². The van der Waals surface area contributed by atoms with E-state index in [-0.39, 0.29) is 11.9 Å². The molecule has 3 aromatic rings. The lowest BCUT2D eigenvalue weighted by molar-refractivity contribution is 0.0934. The van der Waals surface area contributed by atoms with E-state index in [0.717, 1.165) is 28.5 Å². The van der Waals surface area contributed by atoms with Crippen molar-refractivity contribution in [3.05, 3.63) is 42.4 Å². The van der Waals surface area contributed by atoms with Gasteiger partial charge in [0.25, 0.3) is 5.91 Å². The van der Waals surface area contributed by atoms with Gasteiger partial charge in [0.1, 0.15) is 5.69 Å². The number of benzene rings is 1. The fourth-order valence-electron chi connectivity index (χ4n) is 3.24. The average molecular weight is 334 g/mol. The molecule has 1 aromatic carbocycles. The zero-order valence-electron chi connectivity index (χ0n) is 13.9. The number of fused-ring (bicyclic) bond motifs is 1. The number of aryl methyl sites for hydroxylation is 1. The fourth-order valence-corrected chi connectivity index (χ4v) is 3.24. The highest BCUT2D eigenvalue weighted by Crippen LogP contribution is 2.24. The van der Waals surface area contributed by atoms with Crippen LogP contribution in [-0.4, -0.2) is 44.7 Å². The number of hydrogen-bond donors (Lipinski definition) is 2. The first-order valence-electron chi connectivity index (χ1n) is 8.20. The number of H-pyrrole nitrogens is 1. The van der Waals surface area contributed by atoms with Crippen molar-refractivity contribution in [3.63, 3.8) is 0 Å². The maximum absolute atomic E-state index is 12.5. The van der Waals surface area contributed by atoms with Crippen molar-refractivity contribution in [2.75, 3.05) is 13.1 Å². The lowest BCUT2D eigenvalue weighted by atomic mass is 10.1. The fraction of sp³-hybridized carbons (Fsp3) is 0.278. The van der Waals surface area contributed by atoms with E-state index in [1.807, 2.05) is 43.7 Å². The number of nitrogens with zero attached hydrogens (tertiary/aromatic N) is 4. The molecule has 2 N–H and O–H groups in total. The van der Waals surface area contributed by atoms with Crippen LogP contribution in [0.1, 0.15) is 16.9 Å². The highest BCUT2D eigenvalue weighted by molar-refractivity contribution is 5.99. The second-order valence-corrected chi connectivity index (χ2v) is 6.39. The van der Waals surface area contributed by atoms with Gasteiger partial charge in [0, 0.05) is 48.8 Å². The molecule has 3 heterocycles. The van der Waals surface area contributed by atoms with E-state index in [9.17, 15) is 4.79 Å². The minimum Gasteiger partial charge on any atom is -0.351 e. The maximum atomic E-state index is 12.5. The highest BCUT2D eigenvalue weighted by Gasteiger charge is 2.23. The summed E-state index contributed by atoms with van der Waals surface area (Å²) in [6, 6.07) is 7.92. The number of nitrogens with one attached hydrogen (secondary N) is 2. The van der Waals surface area contributed by atoms with Crippen LogP contribution in [0.3, 0.4) is 0 Å². The number of nitriles is 1. The maximum Gasteiger partial charge on any atom is 0.268 e. The van der Waals surface area contributed by atoms with Crippen LogP contribution in [0.25, 0.3) is 22.0 Å². The molecular weight excluding hydrogens is 316 g/mol. The molecule has 2 aromatic heterocycles. The first-order valence-corrected chi connectivity index (χ1v) is 8.20. The molecule has 7 heteroatoms. The van der Waals surface area contributed by atoms with Crippen LogP contribution in [0.15, 0.2) is 36.7 Å². The van der Waals surface area contributed by atoms with Gasteiger partial charge in [-0.3, -0.25) is 9.48 Å². The van der Waals surface area contributed by atoms with Crippen molar-refractivity contribution in [2.45, 2.75) is 12.5 Å². The van der Waals surface area contributed by atoms with E-state index >= 15 is 0 Å². The molecule has 0 saturated carbocycles. The van der Waals surface area contributed by atoms with Crippen molar-refractivity contribution in [2.24, 2.45) is 7.05 Å². The van der Waals surface area contributed by atoms with E-state index in [1.165, 1.54) is 0 Å². The Morgan fingerprint density at radius 1 is 1.40 bits per heavy atom. The minimum atomic E-state index is -0.135. The normalized spacial score (nSPS) is 17.0. The Labute approximate surface area is 144 Å². The van der Waals surface area contributed by atoms with Gasteiger partial charge in [-0.2, -0.15) is 10.4 Å². The van der Waals surface area contributed by atoms with E-state index in [4.69, 9.17) is 5.26 Å². The largest absolute Gasteiger partial charge is 0.351 e. The van der Waals surface area contributed by atoms with E-state index in [2.05, 4.69) is 21.6 Å². The van der Waals surface area contributed by atoms with E-state index in [0.29, 0.717) is 18.8 Å². The van der Waals surface area contributed by atoms with Crippen molar-refractivity contribution in [1.29, 1.82) is 5.26 Å². The molecule has 4 rings (SSSR count). The molecule has 1 unspecified atom stereocenters. The van der Waals surface area contributed by atoms with Gasteiger partial charge in [-0.1, -0.05) is 6.07 Å². The molecule has 7 nitrogen and oxygen atoms in total. The zero-order valence-corrected chi connectivity index (χ0v) is 13.9. The van der Waals surface area contributed by atoms with Crippen molar-refractivity contribution in [3.8, 4) is 17.3 Å². The van der Waals surface area contributed by atoms with Gasteiger partial charge >= 0.3 is 0 Å². The summed E-state index contributed by atoms with van der Waals surface area (Å²) in [5.41, 5.74) is 3.56. The van der Waals surface area contributed by atoms with Gasteiger partial charge in [0.05, 0.1) is 6.20 Å². The van der Waals surface area contributed by atoms with Crippen LogP contribution in [0.2, 0.25) is 0 Å². The monoisotopic (exact) mass is 334 g/mol. The number of amides is 1. The van der Waals surface area contributed by atoms with Crippen LogP contribution in [0.5, 0.6) is 0 Å². The van der Waals surface area contributed by atoms with Gasteiger partial charge in [-0.05, 0) is 30.2 Å². The predicted molar refractivity (Wildman–Crippen MR) is 93.6 cm³/mol. The molecule has 0 spiro atoms. The van der Waals surface area contributed by atoms with Crippen LogP contribution in [-0.2, 0) is 7.05 Å². The standard InChI is InChI=1S/C18H18N6O/c1-23-9-14(8-20-23)12-2-3-16-13(6-12)7-17(22-16)18(25)21-15-4-5-24(10-15)11-19/h2-3,6-9,15,22H,4-5,10H2,1H3,(H,21,25). The number of carbonyl (C=O) groups excluding carboxylic acids is 1. The van der Waals surface area contributed by atoms with E-state index < -0.39 is 0 Å². The third-order valence-electron chi connectivity index (χ3n) is 4.57. The summed E-state index contributed by atoms with van der Waals surface area (Å²) >= 11 is 0. The third-order valence-corrected chi connectivity index (χ3v) is 4.57. The highest BCUT2D eigenvalue weighted by atomic mass is 16.2. The quantitative estimate of drug-likeness (QED) is 0.715. The van der Waals surface area contributed by atoms with Crippen molar-refractivity contribution >= 4 is 16.8 Å². The summed E-state index contributed by atoms with van der Waals surface area (Å²) in [4.78, 5) is 17.3. The van der Waals surface area contributed by atoms with Gasteiger partial charge in [-0.15, -0.1) is 0 Å². The molecule has 0 radical (unpaired) electrons. The van der Waals surface area contributed by atoms with Crippen LogP contribution >= 0.6 is 0 Å². The third kappa shape index (κ3) is 2.94. The number of aromatic amines is 1. The van der Waals surface area contributed by atoms with Gasteiger partial charge < -0.3 is 15.2 Å². The number of hydrogen-bond acceptors (Lipinski definition) is 4. The summed E-state index contributed by atoms with van der Waals surface area (Å²) in [6.45, 7) is 1.27. The number of likely N-dealkylation sites (tertiary alicyclic amines) is 1. The topological polar surface area (TPSA) is 89.7 Å². The smallest absolute Gasteiger partial charge is 0.268 e. The Morgan fingerprint density at radius 3 is 3.00 bits per heavy atom. The molecule has 0 aliphatic carbocycles.